The van der Waals surface area contributed by atoms with E-state index in [4.69, 9.17) is 19.5 Å². The van der Waals surface area contributed by atoms with Crippen LogP contribution in [0.5, 0.6) is 0 Å². The van der Waals surface area contributed by atoms with Gasteiger partial charge < -0.3 is 38.4 Å². The first kappa shape index (κ1) is 22.3. The Bertz CT molecular complexity index is 943. The van der Waals surface area contributed by atoms with E-state index in [1.54, 1.807) is 0 Å². The maximum atomic E-state index is 12.3. The third kappa shape index (κ3) is 4.54. The summed E-state index contributed by atoms with van der Waals surface area (Å²) in [6, 6.07) is 0. The molecule has 0 amide bonds. The Morgan fingerprint density at radius 1 is 1.17 bits per heavy atom. The molecular weight excluding hydrogens is 424 g/mol. The Hall–Kier alpha value is -1.39. The fourth-order valence-corrected chi connectivity index (χ4v) is 4.14. The van der Waals surface area contributed by atoms with Crippen molar-refractivity contribution >= 4 is 32.0 Å². The molecule has 1 aliphatic rings. The first-order chi connectivity index (χ1) is 13.4. The van der Waals surface area contributed by atoms with Gasteiger partial charge in [-0.15, -0.1) is 0 Å². The van der Waals surface area contributed by atoms with Crippen molar-refractivity contribution in [3.05, 3.63) is 12.5 Å². The fraction of sp³-hybridized carbons (Fsp3) is 0.667. The highest BCUT2D eigenvalue weighted by atomic mass is 31.2. The summed E-state index contributed by atoms with van der Waals surface area (Å²) in [5, 5.41) is 4.65. The molecule has 2 aromatic rings. The second-order valence-corrected chi connectivity index (χ2v) is 11.9. The van der Waals surface area contributed by atoms with Crippen LogP contribution < -0.4 is 15.5 Å². The molecule has 12 nitrogen and oxygen atoms in total. The van der Waals surface area contributed by atoms with Crippen molar-refractivity contribution in [3.8, 4) is 0 Å². The number of ether oxygens (including phenoxy) is 1. The Labute approximate surface area is 167 Å². The van der Waals surface area contributed by atoms with Gasteiger partial charge in [-0.3, -0.25) is 0 Å². The molecule has 3 heterocycles. The molecule has 14 heteroatoms. The van der Waals surface area contributed by atoms with Gasteiger partial charge in [-0.05, 0) is 0 Å². The summed E-state index contributed by atoms with van der Waals surface area (Å²) >= 11 is 0. The summed E-state index contributed by atoms with van der Waals surface area (Å²) in [4.78, 5) is 32.5. The van der Waals surface area contributed by atoms with Gasteiger partial charge in [0.15, 0.2) is 18.2 Å². The van der Waals surface area contributed by atoms with Crippen LogP contribution in [0.15, 0.2) is 12.5 Å². The number of hydrogen-bond acceptors (Lipinski definition) is 11. The predicted octanol–water partition coefficient (Wildman–Crippen LogP) is 0.979. The van der Waals surface area contributed by atoms with Crippen LogP contribution in [0.1, 0.15) is 40.3 Å². The molecule has 1 fully saturated rings. The molecule has 5 atom stereocenters. The molecule has 162 valence electrons. The van der Waals surface area contributed by atoms with Crippen LogP contribution in [0.25, 0.3) is 11.0 Å². The quantitative estimate of drug-likeness (QED) is 0.598. The highest BCUT2D eigenvalue weighted by Gasteiger charge is 2.43. The molecule has 3 rings (SSSR count). The molecule has 3 unspecified atom stereocenters. The normalized spacial score (nSPS) is 26.8. The van der Waals surface area contributed by atoms with Crippen molar-refractivity contribution in [1.29, 1.82) is 0 Å². The van der Waals surface area contributed by atoms with Gasteiger partial charge in [-0.2, -0.15) is 5.10 Å². The standard InChI is InChI=1S/C15H25N5O7P2/c1-8(2)28(21,22)26-11-5-12(25-15(11)27-29(23,24)9(3)4)20-14-10(6-19-20)13(16)17-7-18-14/h6-9,11-12,15H,5H2,1-4H3,(H,21,22)(H,23,24)(H2,16,17,18)/p-2/t11?,12-,15-/m1/s1. The lowest BCUT2D eigenvalue weighted by Crippen LogP contribution is -2.31. The first-order valence-corrected chi connectivity index (χ1v) is 12.2. The van der Waals surface area contributed by atoms with Gasteiger partial charge in [0, 0.05) is 17.7 Å². The maximum absolute atomic E-state index is 12.3. The third-order valence-electron chi connectivity index (χ3n) is 4.52. The number of rotatable bonds is 7. The average Bonchev–Trinajstić information content (AvgIpc) is 3.19. The van der Waals surface area contributed by atoms with Crippen LogP contribution >= 0.6 is 15.2 Å². The molecule has 0 radical (unpaired) electrons. The number of aromatic nitrogens is 4. The van der Waals surface area contributed by atoms with E-state index in [1.807, 2.05) is 0 Å². The first-order valence-electron chi connectivity index (χ1n) is 8.99. The van der Waals surface area contributed by atoms with E-state index < -0.39 is 45.1 Å². The van der Waals surface area contributed by atoms with Crippen molar-refractivity contribution in [3.63, 3.8) is 0 Å². The third-order valence-corrected chi connectivity index (χ3v) is 8.12. The number of anilines is 1. The molecule has 1 saturated heterocycles. The van der Waals surface area contributed by atoms with Crippen LogP contribution in [0.2, 0.25) is 0 Å². The minimum absolute atomic E-state index is 0.0254. The van der Waals surface area contributed by atoms with Crippen molar-refractivity contribution in [2.45, 2.75) is 64.1 Å². The number of nitrogens with two attached hydrogens (primary N) is 1. The van der Waals surface area contributed by atoms with E-state index in [1.165, 1.54) is 44.9 Å². The Morgan fingerprint density at radius 2 is 1.79 bits per heavy atom. The molecule has 2 N–H and O–H groups in total. The molecular formula is C15H23N5O7P2-2. The zero-order valence-corrected chi connectivity index (χ0v) is 18.2. The average molecular weight is 447 g/mol. The monoisotopic (exact) mass is 447 g/mol. The molecule has 0 aromatic carbocycles. The van der Waals surface area contributed by atoms with Gasteiger partial charge in [0.05, 0.1) is 11.6 Å². The largest absolute Gasteiger partial charge is 0.778 e. The summed E-state index contributed by atoms with van der Waals surface area (Å²) in [6.07, 6.45) is -0.840. The lowest BCUT2D eigenvalue weighted by atomic mass is 10.3. The molecule has 0 saturated carbocycles. The number of fused-ring (bicyclic) bond motifs is 1. The van der Waals surface area contributed by atoms with Gasteiger partial charge in [0.2, 0.25) is 0 Å². The van der Waals surface area contributed by atoms with Crippen LogP contribution in [0.3, 0.4) is 0 Å². The second kappa shape index (κ2) is 8.03. The van der Waals surface area contributed by atoms with E-state index in [0.29, 0.717) is 11.0 Å². The molecule has 2 aromatic heterocycles. The van der Waals surface area contributed by atoms with E-state index in [2.05, 4.69) is 15.1 Å². The van der Waals surface area contributed by atoms with Crippen molar-refractivity contribution in [2.24, 2.45) is 0 Å². The second-order valence-electron chi connectivity index (χ2n) is 7.30. The van der Waals surface area contributed by atoms with Gasteiger partial charge in [0.1, 0.15) is 33.4 Å². The minimum atomic E-state index is -4.32. The number of nitrogen functional groups attached to an aromatic ring is 1. The molecule has 0 spiro atoms. The van der Waals surface area contributed by atoms with Gasteiger partial charge in [-0.1, -0.05) is 27.7 Å². The molecule has 29 heavy (non-hydrogen) atoms. The van der Waals surface area contributed by atoms with Crippen molar-refractivity contribution < 1.29 is 32.7 Å². The SMILES string of the molecule is CC(C)P(=O)([O-])OC1C[C@H](n2ncc3c(N)ncnc32)O[C@@H]1OP(=O)([O-])C(C)C. The van der Waals surface area contributed by atoms with Gasteiger partial charge in [-0.25, -0.2) is 14.6 Å². The summed E-state index contributed by atoms with van der Waals surface area (Å²) in [5.74, 6) is 0.215. The van der Waals surface area contributed by atoms with E-state index in [9.17, 15) is 18.9 Å². The van der Waals surface area contributed by atoms with E-state index >= 15 is 0 Å². The maximum Gasteiger partial charge on any atom is 0.192 e. The summed E-state index contributed by atoms with van der Waals surface area (Å²) in [7, 11) is -8.60. The lowest BCUT2D eigenvalue weighted by molar-refractivity contribution is -0.235. The highest BCUT2D eigenvalue weighted by Crippen LogP contribution is 2.52. The predicted molar refractivity (Wildman–Crippen MR) is 99.7 cm³/mol. The molecule has 1 aliphatic heterocycles. The summed E-state index contributed by atoms with van der Waals surface area (Å²) in [5.41, 5.74) is 4.53. The Morgan fingerprint density at radius 3 is 2.41 bits per heavy atom. The van der Waals surface area contributed by atoms with Crippen molar-refractivity contribution in [2.75, 3.05) is 5.73 Å². The van der Waals surface area contributed by atoms with Crippen molar-refractivity contribution in [1.82, 2.24) is 19.7 Å². The van der Waals surface area contributed by atoms with Crippen LogP contribution in [-0.2, 0) is 22.9 Å². The Kier molecular flexibility index (Phi) is 6.18. The van der Waals surface area contributed by atoms with Gasteiger partial charge in [0.25, 0.3) is 0 Å². The minimum Gasteiger partial charge on any atom is -0.778 e. The van der Waals surface area contributed by atoms with Crippen LogP contribution in [-0.4, -0.2) is 43.5 Å². The zero-order valence-electron chi connectivity index (χ0n) is 16.4. The molecule has 0 aliphatic carbocycles. The van der Waals surface area contributed by atoms with Crippen LogP contribution in [0.4, 0.5) is 5.82 Å². The molecule has 0 bridgehead atoms. The zero-order chi connectivity index (χ0) is 21.6. The fourth-order valence-electron chi connectivity index (χ4n) is 2.62. The van der Waals surface area contributed by atoms with E-state index in [-0.39, 0.29) is 12.2 Å². The van der Waals surface area contributed by atoms with E-state index in [0.717, 1.165) is 0 Å². The number of hydrogen-bond donors (Lipinski definition) is 1. The highest BCUT2D eigenvalue weighted by molar-refractivity contribution is 7.52. The topological polar surface area (TPSA) is 178 Å². The lowest BCUT2D eigenvalue weighted by Gasteiger charge is -2.35. The summed E-state index contributed by atoms with van der Waals surface area (Å²) in [6.45, 7) is 5.82. The summed E-state index contributed by atoms with van der Waals surface area (Å²) < 4.78 is 42.0. The smallest absolute Gasteiger partial charge is 0.192 e. The van der Waals surface area contributed by atoms with Crippen LogP contribution in [0, 0.1) is 0 Å². The van der Waals surface area contributed by atoms with Gasteiger partial charge >= 0.3 is 0 Å². The number of nitrogens with zero attached hydrogens (tertiary/aromatic N) is 4. The Balaban J connectivity index is 1.92.